The third-order valence-electron chi connectivity index (χ3n) is 4.02. The highest BCUT2D eigenvalue weighted by Crippen LogP contribution is 2.47. The number of allylic oxidation sites excluding steroid dienone is 3. The van der Waals surface area contributed by atoms with Crippen LogP contribution in [0.5, 0.6) is 0 Å². The SMILES string of the molecule is COC1=CC=C(C(C)=O)CC1(OCC=C(C)C)c1c(Cl)cncc1Cl. The first kappa shape index (κ1) is 19.7. The molecule has 6 heteroatoms. The molecule has 1 aromatic heterocycles. The maximum atomic E-state index is 12.0. The van der Waals surface area contributed by atoms with Crippen molar-refractivity contribution in [1.82, 2.24) is 4.98 Å². The van der Waals surface area contributed by atoms with Crippen molar-refractivity contribution in [2.45, 2.75) is 32.8 Å². The molecular formula is C19H21Cl2NO3. The number of Topliss-reactive ketones (excluding diaryl/α,β-unsaturated/α-hetero) is 1. The van der Waals surface area contributed by atoms with Crippen molar-refractivity contribution >= 4 is 29.0 Å². The molecule has 0 radical (unpaired) electrons. The molecule has 4 nitrogen and oxygen atoms in total. The van der Waals surface area contributed by atoms with Gasteiger partial charge in [0, 0.05) is 24.4 Å². The van der Waals surface area contributed by atoms with E-state index in [1.54, 1.807) is 19.3 Å². The number of halogens is 2. The summed E-state index contributed by atoms with van der Waals surface area (Å²) in [6.45, 7) is 5.81. The molecule has 2 rings (SSSR count). The fraction of sp³-hybridized carbons (Fsp3) is 0.368. The summed E-state index contributed by atoms with van der Waals surface area (Å²) in [7, 11) is 1.56. The lowest BCUT2D eigenvalue weighted by atomic mass is 9.81. The van der Waals surface area contributed by atoms with Gasteiger partial charge in [0.15, 0.2) is 11.4 Å². The molecule has 1 aromatic rings. The van der Waals surface area contributed by atoms with E-state index in [4.69, 9.17) is 32.7 Å². The van der Waals surface area contributed by atoms with Gasteiger partial charge in [-0.3, -0.25) is 9.78 Å². The van der Waals surface area contributed by atoms with Crippen LogP contribution in [0.4, 0.5) is 0 Å². The van der Waals surface area contributed by atoms with Crippen molar-refractivity contribution < 1.29 is 14.3 Å². The second kappa shape index (κ2) is 8.17. The van der Waals surface area contributed by atoms with Crippen LogP contribution in [0.3, 0.4) is 0 Å². The van der Waals surface area contributed by atoms with Crippen molar-refractivity contribution in [1.29, 1.82) is 0 Å². The molecule has 0 aliphatic heterocycles. The highest BCUT2D eigenvalue weighted by molar-refractivity contribution is 6.36. The summed E-state index contributed by atoms with van der Waals surface area (Å²) in [4.78, 5) is 16.0. The number of methoxy groups -OCH3 is 1. The van der Waals surface area contributed by atoms with Crippen LogP contribution in [0.15, 0.2) is 47.5 Å². The molecule has 25 heavy (non-hydrogen) atoms. The second-order valence-electron chi connectivity index (χ2n) is 6.06. The van der Waals surface area contributed by atoms with Crippen LogP contribution in [0, 0.1) is 0 Å². The van der Waals surface area contributed by atoms with E-state index in [0.717, 1.165) is 5.57 Å². The summed E-state index contributed by atoms with van der Waals surface area (Å²) in [6, 6.07) is 0. The molecule has 1 atom stereocenters. The Morgan fingerprint density at radius 2 is 1.88 bits per heavy atom. The molecule has 134 valence electrons. The first-order valence-corrected chi connectivity index (χ1v) is 8.60. The topological polar surface area (TPSA) is 48.4 Å². The molecule has 1 aliphatic carbocycles. The summed E-state index contributed by atoms with van der Waals surface area (Å²) in [5.74, 6) is 0.498. The summed E-state index contributed by atoms with van der Waals surface area (Å²) >= 11 is 12.8. The number of carbonyl (C=O) groups excluding carboxylic acids is 1. The van der Waals surface area contributed by atoms with Gasteiger partial charge < -0.3 is 9.47 Å². The Morgan fingerprint density at radius 1 is 1.24 bits per heavy atom. The predicted octanol–water partition coefficient (Wildman–Crippen LogP) is 5.02. The number of rotatable bonds is 6. The van der Waals surface area contributed by atoms with Gasteiger partial charge in [-0.1, -0.05) is 40.9 Å². The molecule has 0 N–H and O–H groups in total. The third-order valence-corrected chi connectivity index (χ3v) is 4.60. The number of ether oxygens (including phenoxy) is 2. The monoisotopic (exact) mass is 381 g/mol. The van der Waals surface area contributed by atoms with Gasteiger partial charge in [-0.2, -0.15) is 0 Å². The van der Waals surface area contributed by atoms with E-state index in [2.05, 4.69) is 4.98 Å². The van der Waals surface area contributed by atoms with E-state index in [0.29, 0.717) is 33.5 Å². The van der Waals surface area contributed by atoms with Gasteiger partial charge in [0.1, 0.15) is 5.76 Å². The average Bonchev–Trinajstić information content (AvgIpc) is 2.54. The molecule has 1 heterocycles. The van der Waals surface area contributed by atoms with Gasteiger partial charge in [-0.05, 0) is 32.4 Å². The van der Waals surface area contributed by atoms with E-state index in [-0.39, 0.29) is 12.2 Å². The number of carbonyl (C=O) groups is 1. The Bertz CT molecular complexity index is 744. The van der Waals surface area contributed by atoms with Crippen LogP contribution in [0.25, 0.3) is 0 Å². The Hall–Kier alpha value is -1.62. The molecule has 1 aliphatic rings. The average molecular weight is 382 g/mol. The molecular weight excluding hydrogens is 361 g/mol. The Labute approximate surface area is 158 Å². The Kier molecular flexibility index (Phi) is 6.44. The maximum absolute atomic E-state index is 12.0. The second-order valence-corrected chi connectivity index (χ2v) is 6.87. The van der Waals surface area contributed by atoms with E-state index in [9.17, 15) is 4.79 Å². The van der Waals surface area contributed by atoms with Crippen molar-refractivity contribution in [3.05, 3.63) is 63.1 Å². The molecule has 0 aromatic carbocycles. The molecule has 1 unspecified atom stereocenters. The van der Waals surface area contributed by atoms with E-state index >= 15 is 0 Å². The maximum Gasteiger partial charge on any atom is 0.157 e. The summed E-state index contributed by atoms with van der Waals surface area (Å²) in [5.41, 5.74) is 1.19. The first-order valence-electron chi connectivity index (χ1n) is 7.85. The summed E-state index contributed by atoms with van der Waals surface area (Å²) < 4.78 is 11.8. The Morgan fingerprint density at radius 3 is 2.40 bits per heavy atom. The number of hydrogen-bond donors (Lipinski definition) is 0. The normalized spacial score (nSPS) is 19.8. The molecule has 0 amide bonds. The van der Waals surface area contributed by atoms with Gasteiger partial charge in [0.25, 0.3) is 0 Å². The molecule has 0 saturated carbocycles. The van der Waals surface area contributed by atoms with Gasteiger partial charge in [-0.15, -0.1) is 0 Å². The van der Waals surface area contributed by atoms with Crippen LogP contribution < -0.4 is 0 Å². The van der Waals surface area contributed by atoms with Crippen LogP contribution >= 0.6 is 23.2 Å². The van der Waals surface area contributed by atoms with Crippen molar-refractivity contribution in [3.63, 3.8) is 0 Å². The van der Waals surface area contributed by atoms with Crippen LogP contribution in [-0.2, 0) is 19.9 Å². The highest BCUT2D eigenvalue weighted by atomic mass is 35.5. The lowest BCUT2D eigenvalue weighted by Gasteiger charge is -2.38. The third kappa shape index (κ3) is 4.14. The van der Waals surface area contributed by atoms with Crippen LogP contribution in [-0.4, -0.2) is 24.5 Å². The number of hydrogen-bond acceptors (Lipinski definition) is 4. The Balaban J connectivity index is 2.64. The lowest BCUT2D eigenvalue weighted by Crippen LogP contribution is -2.37. The fourth-order valence-electron chi connectivity index (χ4n) is 2.75. The molecule has 0 bridgehead atoms. The minimum absolute atomic E-state index is 0.0390. The number of ketones is 1. The van der Waals surface area contributed by atoms with E-state index < -0.39 is 5.60 Å². The zero-order chi connectivity index (χ0) is 18.6. The lowest BCUT2D eigenvalue weighted by molar-refractivity contribution is -0.115. The van der Waals surface area contributed by atoms with Gasteiger partial charge in [0.2, 0.25) is 0 Å². The molecule has 0 saturated heterocycles. The fourth-order valence-corrected chi connectivity index (χ4v) is 3.42. The predicted molar refractivity (Wildman–Crippen MR) is 99.8 cm³/mol. The van der Waals surface area contributed by atoms with Crippen molar-refractivity contribution in [2.75, 3.05) is 13.7 Å². The summed E-state index contributed by atoms with van der Waals surface area (Å²) in [5, 5.41) is 0.718. The minimum Gasteiger partial charge on any atom is -0.498 e. The molecule has 0 fully saturated rings. The van der Waals surface area contributed by atoms with Gasteiger partial charge >= 0.3 is 0 Å². The van der Waals surface area contributed by atoms with E-state index in [1.807, 2.05) is 19.9 Å². The van der Waals surface area contributed by atoms with Gasteiger partial charge in [-0.25, -0.2) is 0 Å². The first-order chi connectivity index (χ1) is 11.8. The summed E-state index contributed by atoms with van der Waals surface area (Å²) in [6.07, 6.45) is 8.72. The van der Waals surface area contributed by atoms with Crippen molar-refractivity contribution in [3.8, 4) is 0 Å². The zero-order valence-electron chi connectivity index (χ0n) is 14.7. The highest BCUT2D eigenvalue weighted by Gasteiger charge is 2.45. The standard InChI is InChI=1S/C19H21Cl2NO3/c1-12(2)7-8-25-19(18-15(20)10-22-11-16(18)21)9-14(13(3)23)5-6-17(19)24-4/h5-7,10-11H,8-9H2,1-4H3. The largest absolute Gasteiger partial charge is 0.498 e. The number of aromatic nitrogens is 1. The van der Waals surface area contributed by atoms with Crippen molar-refractivity contribution in [2.24, 2.45) is 0 Å². The van der Waals surface area contributed by atoms with E-state index in [1.165, 1.54) is 19.3 Å². The van der Waals surface area contributed by atoms with Crippen LogP contribution in [0.1, 0.15) is 32.8 Å². The number of pyridine rings is 1. The van der Waals surface area contributed by atoms with Gasteiger partial charge in [0.05, 0.1) is 23.8 Å². The van der Waals surface area contributed by atoms with Crippen LogP contribution in [0.2, 0.25) is 10.0 Å². The quantitative estimate of drug-likeness (QED) is 0.649. The minimum atomic E-state index is -1.09. The molecule has 0 spiro atoms. The number of nitrogens with zero attached hydrogens (tertiary/aromatic N) is 1. The smallest absolute Gasteiger partial charge is 0.157 e. The zero-order valence-corrected chi connectivity index (χ0v) is 16.2.